The van der Waals surface area contributed by atoms with Gasteiger partial charge < -0.3 is 15.7 Å². The van der Waals surface area contributed by atoms with Crippen LogP contribution >= 0.6 is 0 Å². The van der Waals surface area contributed by atoms with E-state index in [1.165, 1.54) is 12.1 Å². The number of hydrogen-bond acceptors (Lipinski definition) is 2. The summed E-state index contributed by atoms with van der Waals surface area (Å²) in [5.74, 6) is -1.32. The van der Waals surface area contributed by atoms with Crippen molar-refractivity contribution in [1.82, 2.24) is 10.6 Å². The lowest BCUT2D eigenvalue weighted by atomic mass is 10.0. The maximum absolute atomic E-state index is 13.7. The monoisotopic (exact) mass is 300 g/mol. The molecular formula is C15H22F2N2O2. The zero-order valence-electron chi connectivity index (χ0n) is 12.3. The molecule has 21 heavy (non-hydrogen) atoms. The molecule has 1 rings (SSSR count). The normalized spacial score (nSPS) is 13.6. The number of nitrogens with one attached hydrogen (secondary N) is 2. The van der Waals surface area contributed by atoms with Gasteiger partial charge in [-0.1, -0.05) is 13.0 Å². The Morgan fingerprint density at radius 1 is 1.33 bits per heavy atom. The van der Waals surface area contributed by atoms with Crippen LogP contribution < -0.4 is 10.6 Å². The third-order valence-corrected chi connectivity index (χ3v) is 3.22. The van der Waals surface area contributed by atoms with Crippen LogP contribution in [0.1, 0.15) is 44.7 Å². The summed E-state index contributed by atoms with van der Waals surface area (Å²) in [6.07, 6.45) is 1.75. The molecule has 2 atom stereocenters. The van der Waals surface area contributed by atoms with Crippen LogP contribution in [-0.4, -0.2) is 23.8 Å². The Kier molecular flexibility index (Phi) is 7.08. The van der Waals surface area contributed by atoms with Gasteiger partial charge in [0.2, 0.25) is 0 Å². The summed E-state index contributed by atoms with van der Waals surface area (Å²) < 4.78 is 26.6. The molecule has 2 amide bonds. The van der Waals surface area contributed by atoms with Gasteiger partial charge in [0.05, 0.1) is 6.04 Å². The largest absolute Gasteiger partial charge is 0.396 e. The van der Waals surface area contributed by atoms with Gasteiger partial charge in [-0.25, -0.2) is 13.6 Å². The molecule has 0 saturated carbocycles. The summed E-state index contributed by atoms with van der Waals surface area (Å²) in [7, 11) is 0. The molecule has 1 aromatic rings. The van der Waals surface area contributed by atoms with Crippen LogP contribution in [0.3, 0.4) is 0 Å². The van der Waals surface area contributed by atoms with Crippen molar-refractivity contribution in [2.45, 2.75) is 45.2 Å². The highest BCUT2D eigenvalue weighted by Gasteiger charge is 2.17. The zero-order valence-corrected chi connectivity index (χ0v) is 12.3. The fraction of sp³-hybridized carbons (Fsp3) is 0.533. The Morgan fingerprint density at radius 2 is 2.05 bits per heavy atom. The van der Waals surface area contributed by atoms with Gasteiger partial charge in [-0.2, -0.15) is 0 Å². The molecule has 0 aromatic heterocycles. The van der Waals surface area contributed by atoms with Crippen LogP contribution in [0.4, 0.5) is 13.6 Å². The van der Waals surface area contributed by atoms with Crippen LogP contribution in [0, 0.1) is 11.6 Å². The van der Waals surface area contributed by atoms with Gasteiger partial charge in [0.25, 0.3) is 0 Å². The fourth-order valence-corrected chi connectivity index (χ4v) is 2.08. The van der Waals surface area contributed by atoms with Gasteiger partial charge >= 0.3 is 6.03 Å². The van der Waals surface area contributed by atoms with Gasteiger partial charge in [0.1, 0.15) is 11.6 Å². The summed E-state index contributed by atoms with van der Waals surface area (Å²) in [6.45, 7) is 3.71. The van der Waals surface area contributed by atoms with E-state index in [-0.39, 0.29) is 18.2 Å². The van der Waals surface area contributed by atoms with E-state index in [1.54, 1.807) is 0 Å². The second-order valence-electron chi connectivity index (χ2n) is 5.01. The average molecular weight is 300 g/mol. The van der Waals surface area contributed by atoms with Crippen molar-refractivity contribution in [3.8, 4) is 0 Å². The van der Waals surface area contributed by atoms with E-state index in [0.29, 0.717) is 19.3 Å². The lowest BCUT2D eigenvalue weighted by molar-refractivity contribution is 0.230. The average Bonchev–Trinajstić information content (AvgIpc) is 2.43. The Balaban J connectivity index is 2.63. The standard InChI is InChI=1S/C15H22F2N2O2/c1-3-14(12-7-6-11(16)9-13(12)17)19-15(21)18-10(2)5-4-8-20/h6-7,9-10,14,20H,3-5,8H2,1-2H3,(H2,18,19,21). The maximum Gasteiger partial charge on any atom is 0.315 e. The number of benzene rings is 1. The Labute approximate surface area is 123 Å². The van der Waals surface area contributed by atoms with E-state index in [2.05, 4.69) is 10.6 Å². The Hall–Kier alpha value is -1.69. The van der Waals surface area contributed by atoms with Gasteiger partial charge in [-0.15, -0.1) is 0 Å². The van der Waals surface area contributed by atoms with Crippen molar-refractivity contribution in [3.63, 3.8) is 0 Å². The fourth-order valence-electron chi connectivity index (χ4n) is 2.08. The number of amides is 2. The zero-order chi connectivity index (χ0) is 15.8. The minimum atomic E-state index is -0.671. The number of aliphatic hydroxyl groups is 1. The smallest absolute Gasteiger partial charge is 0.315 e. The number of carbonyl (C=O) groups excluding carboxylic acids is 1. The Bertz CT molecular complexity index is 469. The number of aliphatic hydroxyl groups excluding tert-OH is 1. The van der Waals surface area contributed by atoms with Crippen LogP contribution in [0.25, 0.3) is 0 Å². The van der Waals surface area contributed by atoms with Crippen molar-refractivity contribution < 1.29 is 18.7 Å². The molecule has 0 saturated heterocycles. The quantitative estimate of drug-likeness (QED) is 0.725. The van der Waals surface area contributed by atoms with E-state index >= 15 is 0 Å². The van der Waals surface area contributed by atoms with Gasteiger partial charge in [-0.05, 0) is 32.3 Å². The van der Waals surface area contributed by atoms with Crippen molar-refractivity contribution in [3.05, 3.63) is 35.4 Å². The summed E-state index contributed by atoms with van der Waals surface area (Å²) in [5, 5.41) is 14.1. The second-order valence-corrected chi connectivity index (χ2v) is 5.01. The first-order valence-corrected chi connectivity index (χ1v) is 7.10. The molecule has 0 fully saturated rings. The number of carbonyl (C=O) groups is 1. The molecule has 2 unspecified atom stereocenters. The number of hydrogen-bond donors (Lipinski definition) is 3. The van der Waals surface area contributed by atoms with Gasteiger partial charge in [0, 0.05) is 24.3 Å². The highest BCUT2D eigenvalue weighted by Crippen LogP contribution is 2.20. The minimum Gasteiger partial charge on any atom is -0.396 e. The molecule has 0 heterocycles. The van der Waals surface area contributed by atoms with Crippen molar-refractivity contribution in [1.29, 1.82) is 0 Å². The molecule has 1 aromatic carbocycles. The Morgan fingerprint density at radius 3 is 2.62 bits per heavy atom. The molecule has 0 aliphatic heterocycles. The number of halogens is 2. The molecule has 6 heteroatoms. The third-order valence-electron chi connectivity index (χ3n) is 3.22. The summed E-state index contributed by atoms with van der Waals surface area (Å²) >= 11 is 0. The van der Waals surface area contributed by atoms with E-state index in [9.17, 15) is 13.6 Å². The van der Waals surface area contributed by atoms with E-state index in [0.717, 1.165) is 6.07 Å². The summed E-state index contributed by atoms with van der Waals surface area (Å²) in [4.78, 5) is 11.9. The van der Waals surface area contributed by atoms with Gasteiger partial charge in [0.15, 0.2) is 0 Å². The third kappa shape index (κ3) is 5.67. The topological polar surface area (TPSA) is 61.4 Å². The molecule has 3 N–H and O–H groups in total. The van der Waals surface area contributed by atoms with E-state index < -0.39 is 23.7 Å². The van der Waals surface area contributed by atoms with Crippen LogP contribution in [0.5, 0.6) is 0 Å². The van der Waals surface area contributed by atoms with E-state index in [4.69, 9.17) is 5.11 Å². The molecule has 0 spiro atoms. The molecule has 0 aliphatic carbocycles. The predicted molar refractivity (Wildman–Crippen MR) is 76.8 cm³/mol. The first-order chi connectivity index (χ1) is 9.97. The van der Waals surface area contributed by atoms with Crippen molar-refractivity contribution in [2.24, 2.45) is 0 Å². The molecule has 0 bridgehead atoms. The summed E-state index contributed by atoms with van der Waals surface area (Å²) in [5.41, 5.74) is 0.261. The number of urea groups is 1. The minimum absolute atomic E-state index is 0.0754. The van der Waals surface area contributed by atoms with Crippen molar-refractivity contribution >= 4 is 6.03 Å². The lowest BCUT2D eigenvalue weighted by Crippen LogP contribution is -2.42. The molecule has 0 radical (unpaired) electrons. The van der Waals surface area contributed by atoms with Crippen LogP contribution in [0.2, 0.25) is 0 Å². The van der Waals surface area contributed by atoms with Crippen molar-refractivity contribution in [2.75, 3.05) is 6.61 Å². The van der Waals surface area contributed by atoms with Gasteiger partial charge in [-0.3, -0.25) is 0 Å². The second kappa shape index (κ2) is 8.56. The SMILES string of the molecule is CCC(NC(=O)NC(C)CCCO)c1ccc(F)cc1F. The lowest BCUT2D eigenvalue weighted by Gasteiger charge is -2.20. The number of rotatable bonds is 7. The molecular weight excluding hydrogens is 278 g/mol. The summed E-state index contributed by atoms with van der Waals surface area (Å²) in [6, 6.07) is 2.31. The first-order valence-electron chi connectivity index (χ1n) is 7.10. The molecule has 4 nitrogen and oxygen atoms in total. The van der Waals surface area contributed by atoms with E-state index in [1.807, 2.05) is 13.8 Å². The highest BCUT2D eigenvalue weighted by molar-refractivity contribution is 5.74. The van der Waals surface area contributed by atoms with Crippen LogP contribution in [0.15, 0.2) is 18.2 Å². The first kappa shape index (κ1) is 17.4. The predicted octanol–water partition coefficient (Wildman–Crippen LogP) is 2.88. The van der Waals surface area contributed by atoms with Crippen LogP contribution in [-0.2, 0) is 0 Å². The highest BCUT2D eigenvalue weighted by atomic mass is 19.1. The molecule has 118 valence electrons. The molecule has 0 aliphatic rings. The maximum atomic E-state index is 13.7.